The molecule has 4 nitrogen and oxygen atoms in total. The molecule has 0 saturated carbocycles. The van der Waals surface area contributed by atoms with Crippen molar-refractivity contribution in [1.82, 2.24) is 0 Å². The highest BCUT2D eigenvalue weighted by molar-refractivity contribution is 7.99. The Labute approximate surface area is 168 Å². The standard InChI is InChI=1S/C21H23ClO4S/c1-27-21-19(25)17(23)18(24)20(26-21)14-6-7-16(22)15(10-14)9-11-2-3-12-4-5-13(12)8-11/h2-3,6-8,10,17-21,23-25H,4-5,9H2,1H3/t17-,18-,19+,20+,21-/m1/s1. The molecule has 0 amide bonds. The van der Waals surface area contributed by atoms with Gasteiger partial charge in [-0.25, -0.2) is 0 Å². The highest BCUT2D eigenvalue weighted by atomic mass is 35.5. The minimum Gasteiger partial charge on any atom is -0.387 e. The highest BCUT2D eigenvalue weighted by Crippen LogP contribution is 2.37. The number of fused-ring (bicyclic) bond motifs is 1. The smallest absolute Gasteiger partial charge is 0.132 e. The summed E-state index contributed by atoms with van der Waals surface area (Å²) in [7, 11) is 0. The normalized spacial score (nSPS) is 29.9. The van der Waals surface area contributed by atoms with Gasteiger partial charge in [-0.2, -0.15) is 0 Å². The van der Waals surface area contributed by atoms with Crippen LogP contribution >= 0.6 is 23.4 Å². The van der Waals surface area contributed by atoms with Gasteiger partial charge in [0.2, 0.25) is 0 Å². The van der Waals surface area contributed by atoms with Crippen molar-refractivity contribution < 1.29 is 20.1 Å². The Morgan fingerprint density at radius 2 is 1.78 bits per heavy atom. The van der Waals surface area contributed by atoms with E-state index in [9.17, 15) is 15.3 Å². The van der Waals surface area contributed by atoms with Gasteiger partial charge in [0.05, 0.1) is 0 Å². The summed E-state index contributed by atoms with van der Waals surface area (Å²) >= 11 is 7.73. The molecule has 0 bridgehead atoms. The summed E-state index contributed by atoms with van der Waals surface area (Å²) < 4.78 is 5.87. The molecule has 0 unspecified atom stereocenters. The van der Waals surface area contributed by atoms with Crippen LogP contribution in [0, 0.1) is 0 Å². The molecule has 27 heavy (non-hydrogen) atoms. The lowest BCUT2D eigenvalue weighted by Gasteiger charge is -2.40. The second-order valence-electron chi connectivity index (χ2n) is 7.26. The maximum absolute atomic E-state index is 10.4. The average Bonchev–Trinajstić information content (AvgIpc) is 2.64. The van der Waals surface area contributed by atoms with Crippen LogP contribution in [-0.2, 0) is 24.0 Å². The summed E-state index contributed by atoms with van der Waals surface area (Å²) in [6.45, 7) is 0. The van der Waals surface area contributed by atoms with Crippen molar-refractivity contribution in [3.8, 4) is 0 Å². The number of ether oxygens (including phenoxy) is 1. The molecule has 1 aliphatic heterocycles. The first-order chi connectivity index (χ1) is 13.0. The predicted molar refractivity (Wildman–Crippen MR) is 107 cm³/mol. The zero-order chi connectivity index (χ0) is 19.1. The molecule has 1 heterocycles. The zero-order valence-electron chi connectivity index (χ0n) is 15.0. The Morgan fingerprint density at radius 1 is 1.00 bits per heavy atom. The predicted octanol–water partition coefficient (Wildman–Crippen LogP) is 2.87. The summed E-state index contributed by atoms with van der Waals surface area (Å²) in [6, 6.07) is 12.1. The van der Waals surface area contributed by atoms with Crippen LogP contribution in [-0.4, -0.2) is 45.3 Å². The Bertz CT molecular complexity index is 841. The van der Waals surface area contributed by atoms with E-state index in [0.29, 0.717) is 11.4 Å². The lowest BCUT2D eigenvalue weighted by molar-refractivity contribution is -0.200. The number of aliphatic hydroxyl groups excluding tert-OH is 3. The molecule has 5 atom stereocenters. The van der Waals surface area contributed by atoms with E-state index >= 15 is 0 Å². The first-order valence-corrected chi connectivity index (χ1v) is 10.8. The molecular formula is C21H23ClO4S. The fourth-order valence-corrected chi connectivity index (χ4v) is 4.66. The lowest BCUT2D eigenvalue weighted by atomic mass is 9.86. The average molecular weight is 407 g/mol. The van der Waals surface area contributed by atoms with E-state index in [1.807, 2.05) is 6.07 Å². The largest absolute Gasteiger partial charge is 0.387 e. The van der Waals surface area contributed by atoms with Gasteiger partial charge in [-0.05, 0) is 59.4 Å². The molecule has 0 radical (unpaired) electrons. The quantitative estimate of drug-likeness (QED) is 0.728. The van der Waals surface area contributed by atoms with E-state index in [-0.39, 0.29) is 0 Å². The third kappa shape index (κ3) is 3.65. The lowest BCUT2D eigenvalue weighted by Crippen LogP contribution is -2.52. The van der Waals surface area contributed by atoms with Gasteiger partial charge in [-0.15, -0.1) is 11.8 Å². The van der Waals surface area contributed by atoms with E-state index in [1.54, 1.807) is 18.4 Å². The Kier molecular flexibility index (Phi) is 5.52. The van der Waals surface area contributed by atoms with Crippen LogP contribution in [0.25, 0.3) is 0 Å². The number of benzene rings is 2. The number of thioether (sulfide) groups is 1. The van der Waals surface area contributed by atoms with E-state index < -0.39 is 29.9 Å². The molecule has 6 heteroatoms. The number of rotatable bonds is 4. The van der Waals surface area contributed by atoms with Crippen LogP contribution in [0.3, 0.4) is 0 Å². The van der Waals surface area contributed by atoms with Crippen molar-refractivity contribution in [2.75, 3.05) is 6.26 Å². The molecule has 3 N–H and O–H groups in total. The number of hydrogen-bond acceptors (Lipinski definition) is 5. The van der Waals surface area contributed by atoms with Gasteiger partial charge in [0.25, 0.3) is 0 Å². The first-order valence-electron chi connectivity index (χ1n) is 9.09. The summed E-state index contributed by atoms with van der Waals surface area (Å²) in [5.41, 5.74) is 5.13. The van der Waals surface area contributed by atoms with E-state index in [2.05, 4.69) is 18.2 Å². The first kappa shape index (κ1) is 19.2. The van der Waals surface area contributed by atoms with Gasteiger partial charge in [-0.1, -0.05) is 41.9 Å². The van der Waals surface area contributed by atoms with Gasteiger partial charge < -0.3 is 20.1 Å². The molecule has 4 rings (SSSR count). The van der Waals surface area contributed by atoms with Crippen molar-refractivity contribution in [2.24, 2.45) is 0 Å². The number of halogens is 1. The van der Waals surface area contributed by atoms with Crippen molar-refractivity contribution >= 4 is 23.4 Å². The molecule has 1 fully saturated rings. The molecule has 0 spiro atoms. The summed E-state index contributed by atoms with van der Waals surface area (Å²) in [5.74, 6) is 0. The van der Waals surface area contributed by atoms with Gasteiger partial charge in [0.1, 0.15) is 29.9 Å². The molecule has 2 aliphatic rings. The van der Waals surface area contributed by atoms with Crippen LogP contribution in [0.4, 0.5) is 0 Å². The minimum absolute atomic E-state index is 0.597. The maximum atomic E-state index is 10.4. The molecular weight excluding hydrogens is 384 g/mol. The zero-order valence-corrected chi connectivity index (χ0v) is 16.6. The molecule has 144 valence electrons. The van der Waals surface area contributed by atoms with Crippen LogP contribution in [0.5, 0.6) is 0 Å². The Balaban J connectivity index is 1.60. The second-order valence-corrected chi connectivity index (χ2v) is 8.61. The van der Waals surface area contributed by atoms with E-state index in [1.165, 1.54) is 28.5 Å². The molecule has 0 aromatic heterocycles. The third-order valence-electron chi connectivity index (χ3n) is 5.53. The molecule has 1 aliphatic carbocycles. The summed E-state index contributed by atoms with van der Waals surface area (Å²) in [6.07, 6.45) is 0.493. The van der Waals surface area contributed by atoms with Crippen molar-refractivity contribution in [3.05, 3.63) is 69.2 Å². The fraction of sp³-hybridized carbons (Fsp3) is 0.429. The highest BCUT2D eigenvalue weighted by Gasteiger charge is 2.44. The number of aliphatic hydroxyl groups is 3. The monoisotopic (exact) mass is 406 g/mol. The van der Waals surface area contributed by atoms with Crippen molar-refractivity contribution in [2.45, 2.75) is 49.1 Å². The van der Waals surface area contributed by atoms with Crippen LogP contribution in [0.15, 0.2) is 36.4 Å². The third-order valence-corrected chi connectivity index (χ3v) is 6.75. The van der Waals surface area contributed by atoms with Gasteiger partial charge >= 0.3 is 0 Å². The van der Waals surface area contributed by atoms with Crippen LogP contribution < -0.4 is 0 Å². The Hall–Kier alpha value is -1.08. The van der Waals surface area contributed by atoms with E-state index in [4.69, 9.17) is 16.3 Å². The van der Waals surface area contributed by atoms with Crippen LogP contribution in [0.2, 0.25) is 5.02 Å². The Morgan fingerprint density at radius 3 is 2.44 bits per heavy atom. The SMILES string of the molecule is CS[C@H]1O[C@@H](c2ccc(Cl)c(Cc3ccc4c(c3)CC4)c2)[C@H](O)[C@@H](O)[C@@H]1O. The minimum atomic E-state index is -1.26. The molecule has 1 saturated heterocycles. The topological polar surface area (TPSA) is 69.9 Å². The van der Waals surface area contributed by atoms with Gasteiger partial charge in [0.15, 0.2) is 0 Å². The second kappa shape index (κ2) is 7.74. The fourth-order valence-electron chi connectivity index (χ4n) is 3.80. The molecule has 2 aromatic rings. The van der Waals surface area contributed by atoms with Crippen molar-refractivity contribution in [3.63, 3.8) is 0 Å². The van der Waals surface area contributed by atoms with Crippen molar-refractivity contribution in [1.29, 1.82) is 0 Å². The maximum Gasteiger partial charge on any atom is 0.132 e. The number of aryl methyl sites for hydroxylation is 2. The number of hydrogen-bond donors (Lipinski definition) is 3. The van der Waals surface area contributed by atoms with Crippen LogP contribution in [0.1, 0.15) is 33.9 Å². The van der Waals surface area contributed by atoms with Gasteiger partial charge in [0, 0.05) is 5.02 Å². The van der Waals surface area contributed by atoms with E-state index in [0.717, 1.165) is 24.0 Å². The summed E-state index contributed by atoms with van der Waals surface area (Å²) in [4.78, 5) is 0. The molecule has 2 aromatic carbocycles. The summed E-state index contributed by atoms with van der Waals surface area (Å²) in [5, 5.41) is 31.3. The van der Waals surface area contributed by atoms with Gasteiger partial charge in [-0.3, -0.25) is 0 Å².